The van der Waals surface area contributed by atoms with Crippen molar-refractivity contribution in [3.63, 3.8) is 0 Å². The molecule has 1 aromatic rings. The highest BCUT2D eigenvalue weighted by molar-refractivity contribution is 5.80. The summed E-state index contributed by atoms with van der Waals surface area (Å²) in [5, 5.41) is 13.9. The third kappa shape index (κ3) is 3.84. The molecular weight excluding hydrogens is 264 g/mol. The molecule has 0 spiro atoms. The van der Waals surface area contributed by atoms with Gasteiger partial charge in [-0.2, -0.15) is 0 Å². The molecule has 1 rings (SSSR count). The van der Waals surface area contributed by atoms with Crippen molar-refractivity contribution in [3.05, 3.63) is 34.4 Å². The Morgan fingerprint density at radius 2 is 1.95 bits per heavy atom. The lowest BCUT2D eigenvalue weighted by atomic mass is 10.1. The van der Waals surface area contributed by atoms with E-state index in [1.807, 2.05) is 0 Å². The highest BCUT2D eigenvalue weighted by Crippen LogP contribution is 2.18. The van der Waals surface area contributed by atoms with Crippen LogP contribution in [0.4, 0.5) is 5.69 Å². The summed E-state index contributed by atoms with van der Waals surface area (Å²) in [5.74, 6) is -0.00384. The van der Waals surface area contributed by atoms with Crippen molar-refractivity contribution in [2.75, 3.05) is 19.5 Å². The molecule has 0 saturated carbocycles. The summed E-state index contributed by atoms with van der Waals surface area (Å²) >= 11 is 0. The number of carbonyl (C=O) groups is 1. The van der Waals surface area contributed by atoms with Crippen molar-refractivity contribution in [1.82, 2.24) is 0 Å². The molecule has 0 unspecified atom stereocenters. The summed E-state index contributed by atoms with van der Waals surface area (Å²) in [6.07, 6.45) is 0.218. The van der Waals surface area contributed by atoms with E-state index in [4.69, 9.17) is 4.74 Å². The van der Waals surface area contributed by atoms with Crippen LogP contribution in [0.25, 0.3) is 0 Å². The lowest BCUT2D eigenvalue weighted by Gasteiger charge is -2.20. The van der Waals surface area contributed by atoms with E-state index in [-0.39, 0.29) is 6.42 Å². The van der Waals surface area contributed by atoms with Gasteiger partial charge in [0.05, 0.1) is 14.2 Å². The molecule has 0 saturated heterocycles. The number of esters is 1. The zero-order chi connectivity index (χ0) is 15.1. The minimum absolute atomic E-state index is 0.218. The molecule has 0 radical (unpaired) electrons. The number of nitro groups is 1. The standard InChI is InChI=1S/C13H18N2O5/c1-4-11(15(17)18)12(13(16)20-3)14-9-5-7-10(19-2)8-6-9/h5-8,11-12,14H,4H2,1-3H3/t11-,12-/m1/s1. The van der Waals surface area contributed by atoms with Gasteiger partial charge in [-0.25, -0.2) is 4.79 Å². The molecule has 0 aliphatic heterocycles. The predicted molar refractivity (Wildman–Crippen MR) is 73.5 cm³/mol. The van der Waals surface area contributed by atoms with E-state index in [0.717, 1.165) is 0 Å². The average Bonchev–Trinajstić information content (AvgIpc) is 2.46. The molecule has 0 heterocycles. The van der Waals surface area contributed by atoms with Gasteiger partial charge >= 0.3 is 5.97 Å². The molecule has 0 amide bonds. The van der Waals surface area contributed by atoms with E-state index in [1.165, 1.54) is 7.11 Å². The third-order valence-electron chi connectivity index (χ3n) is 2.94. The molecule has 1 aromatic carbocycles. The number of carbonyl (C=O) groups excluding carboxylic acids is 1. The minimum Gasteiger partial charge on any atom is -0.497 e. The fourth-order valence-corrected chi connectivity index (χ4v) is 1.81. The Balaban J connectivity index is 2.93. The van der Waals surface area contributed by atoms with Gasteiger partial charge in [0.1, 0.15) is 5.75 Å². The molecular formula is C13H18N2O5. The summed E-state index contributed by atoms with van der Waals surface area (Å²) in [5.41, 5.74) is 0.585. The average molecular weight is 282 g/mol. The first-order valence-corrected chi connectivity index (χ1v) is 6.15. The number of anilines is 1. The van der Waals surface area contributed by atoms with E-state index in [1.54, 1.807) is 38.3 Å². The number of hydrogen-bond donors (Lipinski definition) is 1. The summed E-state index contributed by atoms with van der Waals surface area (Å²) in [6, 6.07) is 4.68. The lowest BCUT2D eigenvalue weighted by molar-refractivity contribution is -0.523. The van der Waals surface area contributed by atoms with Crippen LogP contribution < -0.4 is 10.1 Å². The normalized spacial score (nSPS) is 13.2. The van der Waals surface area contributed by atoms with Crippen molar-refractivity contribution >= 4 is 11.7 Å². The van der Waals surface area contributed by atoms with Gasteiger partial charge in [-0.1, -0.05) is 6.92 Å². The molecule has 0 bridgehead atoms. The minimum atomic E-state index is -1.05. The maximum atomic E-state index is 11.7. The van der Waals surface area contributed by atoms with Gasteiger partial charge < -0.3 is 14.8 Å². The molecule has 1 N–H and O–H groups in total. The Bertz CT molecular complexity index is 460. The fraction of sp³-hybridized carbons (Fsp3) is 0.462. The largest absolute Gasteiger partial charge is 0.497 e. The summed E-state index contributed by atoms with van der Waals surface area (Å²) < 4.78 is 9.65. The summed E-state index contributed by atoms with van der Waals surface area (Å²) in [4.78, 5) is 22.3. The van der Waals surface area contributed by atoms with Gasteiger partial charge in [0, 0.05) is 17.0 Å². The van der Waals surface area contributed by atoms with Crippen LogP contribution in [-0.4, -0.2) is 37.2 Å². The van der Waals surface area contributed by atoms with E-state index in [0.29, 0.717) is 11.4 Å². The first-order valence-electron chi connectivity index (χ1n) is 6.15. The number of hydrogen-bond acceptors (Lipinski definition) is 6. The Morgan fingerprint density at radius 1 is 1.35 bits per heavy atom. The highest BCUT2D eigenvalue weighted by atomic mass is 16.6. The van der Waals surface area contributed by atoms with Gasteiger partial charge in [-0.3, -0.25) is 10.1 Å². The van der Waals surface area contributed by atoms with E-state index < -0.39 is 23.0 Å². The SMILES string of the molecule is CC[C@H]([C@@H](Nc1ccc(OC)cc1)C(=O)OC)[N+](=O)[O-]. The molecule has 7 heteroatoms. The van der Waals surface area contributed by atoms with Crippen LogP contribution in [0.3, 0.4) is 0 Å². The van der Waals surface area contributed by atoms with Crippen molar-refractivity contribution in [1.29, 1.82) is 0 Å². The van der Waals surface area contributed by atoms with E-state index in [2.05, 4.69) is 10.1 Å². The van der Waals surface area contributed by atoms with Crippen LogP contribution in [0, 0.1) is 10.1 Å². The van der Waals surface area contributed by atoms with E-state index >= 15 is 0 Å². The lowest BCUT2D eigenvalue weighted by Crippen LogP contribution is -2.45. The molecule has 20 heavy (non-hydrogen) atoms. The van der Waals surface area contributed by atoms with Crippen molar-refractivity contribution in [2.24, 2.45) is 0 Å². The van der Waals surface area contributed by atoms with Crippen LogP contribution in [0.2, 0.25) is 0 Å². The number of nitrogens with one attached hydrogen (secondary N) is 1. The molecule has 2 atom stereocenters. The molecule has 7 nitrogen and oxygen atoms in total. The fourth-order valence-electron chi connectivity index (χ4n) is 1.81. The maximum absolute atomic E-state index is 11.7. The van der Waals surface area contributed by atoms with Crippen LogP contribution in [-0.2, 0) is 9.53 Å². The molecule has 0 fully saturated rings. The predicted octanol–water partition coefficient (Wildman–Crippen LogP) is 1.70. The van der Waals surface area contributed by atoms with Crippen LogP contribution >= 0.6 is 0 Å². The monoisotopic (exact) mass is 282 g/mol. The molecule has 0 aliphatic carbocycles. The van der Waals surface area contributed by atoms with Gasteiger partial charge in [0.2, 0.25) is 6.04 Å². The second-order valence-corrected chi connectivity index (χ2v) is 4.13. The first kappa shape index (κ1) is 15.7. The van der Waals surface area contributed by atoms with Crippen LogP contribution in [0.1, 0.15) is 13.3 Å². The zero-order valence-corrected chi connectivity index (χ0v) is 11.7. The van der Waals surface area contributed by atoms with Gasteiger partial charge in [0.15, 0.2) is 6.04 Å². The molecule has 0 aromatic heterocycles. The van der Waals surface area contributed by atoms with Crippen LogP contribution in [0.15, 0.2) is 24.3 Å². The van der Waals surface area contributed by atoms with Gasteiger partial charge in [-0.15, -0.1) is 0 Å². The number of ether oxygens (including phenoxy) is 2. The first-order chi connectivity index (χ1) is 9.53. The maximum Gasteiger partial charge on any atom is 0.335 e. The number of methoxy groups -OCH3 is 2. The Kier molecular flexibility index (Phi) is 5.76. The summed E-state index contributed by atoms with van der Waals surface area (Å²) in [6.45, 7) is 1.65. The summed E-state index contributed by atoms with van der Waals surface area (Å²) in [7, 11) is 2.75. The Labute approximate surface area is 117 Å². The Hall–Kier alpha value is -2.31. The second kappa shape index (κ2) is 7.32. The molecule has 0 aliphatic rings. The zero-order valence-electron chi connectivity index (χ0n) is 11.7. The number of nitrogens with zero attached hydrogens (tertiary/aromatic N) is 1. The Morgan fingerprint density at radius 3 is 2.35 bits per heavy atom. The third-order valence-corrected chi connectivity index (χ3v) is 2.94. The van der Waals surface area contributed by atoms with Crippen molar-refractivity contribution in [3.8, 4) is 5.75 Å². The van der Waals surface area contributed by atoms with Crippen molar-refractivity contribution < 1.29 is 19.2 Å². The van der Waals surface area contributed by atoms with Gasteiger partial charge in [0.25, 0.3) is 0 Å². The second-order valence-electron chi connectivity index (χ2n) is 4.13. The highest BCUT2D eigenvalue weighted by Gasteiger charge is 2.36. The van der Waals surface area contributed by atoms with Gasteiger partial charge in [-0.05, 0) is 24.3 Å². The topological polar surface area (TPSA) is 90.7 Å². The number of rotatable bonds is 7. The van der Waals surface area contributed by atoms with Crippen LogP contribution in [0.5, 0.6) is 5.75 Å². The van der Waals surface area contributed by atoms with Crippen molar-refractivity contribution in [2.45, 2.75) is 25.4 Å². The number of benzene rings is 1. The smallest absolute Gasteiger partial charge is 0.335 e. The van der Waals surface area contributed by atoms with E-state index in [9.17, 15) is 14.9 Å². The molecule has 110 valence electrons. The quantitative estimate of drug-likeness (QED) is 0.465.